The van der Waals surface area contributed by atoms with Crippen LogP contribution < -0.4 is 0 Å². The number of furan rings is 1. The van der Waals surface area contributed by atoms with Crippen LogP contribution in [0.4, 0.5) is 0 Å². The van der Waals surface area contributed by atoms with E-state index in [-0.39, 0.29) is 17.8 Å². The molecule has 186 valence electrons. The summed E-state index contributed by atoms with van der Waals surface area (Å²) < 4.78 is 22.9. The zero-order chi connectivity index (χ0) is 25.1. The van der Waals surface area contributed by atoms with Gasteiger partial charge in [0.1, 0.15) is 12.2 Å². The fourth-order valence-electron chi connectivity index (χ4n) is 7.26. The van der Waals surface area contributed by atoms with Crippen molar-refractivity contribution in [2.75, 3.05) is 0 Å². The predicted octanol–water partition coefficient (Wildman–Crippen LogP) is 4.80. The maximum Gasteiger partial charge on any atom is 0.355 e. The van der Waals surface area contributed by atoms with Crippen molar-refractivity contribution in [1.82, 2.24) is 0 Å². The summed E-state index contributed by atoms with van der Waals surface area (Å²) in [6.07, 6.45) is 10.3. The minimum Gasteiger partial charge on any atom is -0.472 e. The van der Waals surface area contributed by atoms with Crippen molar-refractivity contribution < 1.29 is 33.0 Å². The van der Waals surface area contributed by atoms with Gasteiger partial charge in [-0.25, -0.2) is 9.59 Å². The average molecular weight is 489 g/mol. The Bertz CT molecular complexity index is 1260. The Morgan fingerprint density at radius 2 is 1.92 bits per heavy atom. The van der Waals surface area contributed by atoms with E-state index in [0.717, 1.165) is 11.1 Å². The monoisotopic (exact) mass is 488 g/mol. The van der Waals surface area contributed by atoms with Crippen molar-refractivity contribution in [2.24, 2.45) is 22.7 Å². The van der Waals surface area contributed by atoms with Crippen LogP contribution in [0.1, 0.15) is 50.3 Å². The van der Waals surface area contributed by atoms with Crippen LogP contribution in [0, 0.1) is 22.7 Å². The second-order valence-electron chi connectivity index (χ2n) is 10.8. The minimum atomic E-state index is -1.56. The molecule has 4 heterocycles. The van der Waals surface area contributed by atoms with Gasteiger partial charge >= 0.3 is 17.9 Å². The molecule has 2 bridgehead atoms. The number of hydrogen-bond acceptors (Lipinski definition) is 7. The summed E-state index contributed by atoms with van der Waals surface area (Å²) in [5.41, 5.74) is -1.21. The number of hydrogen-bond donors (Lipinski definition) is 0. The molecule has 2 aromatic rings. The summed E-state index contributed by atoms with van der Waals surface area (Å²) in [6.45, 7) is 4.08. The molecule has 0 radical (unpaired) electrons. The van der Waals surface area contributed by atoms with E-state index in [2.05, 4.69) is 6.92 Å². The summed E-state index contributed by atoms with van der Waals surface area (Å²) in [6, 6.07) is 11.2. The number of rotatable bonds is 4. The number of benzene rings is 1. The lowest BCUT2D eigenvalue weighted by Gasteiger charge is -2.66. The van der Waals surface area contributed by atoms with Crippen LogP contribution in [-0.4, -0.2) is 29.6 Å². The maximum absolute atomic E-state index is 13.3. The van der Waals surface area contributed by atoms with Gasteiger partial charge in [0, 0.05) is 23.0 Å². The van der Waals surface area contributed by atoms with Crippen LogP contribution >= 0.6 is 0 Å². The molecule has 1 saturated carbocycles. The Kier molecular flexibility index (Phi) is 5.04. The largest absolute Gasteiger partial charge is 0.472 e. The highest BCUT2D eigenvalue weighted by Crippen LogP contribution is 2.68. The molecule has 7 atom stereocenters. The van der Waals surface area contributed by atoms with Crippen LogP contribution in [0.3, 0.4) is 0 Å². The first-order valence-electron chi connectivity index (χ1n) is 12.4. The fourth-order valence-corrected chi connectivity index (χ4v) is 7.26. The van der Waals surface area contributed by atoms with E-state index < -0.39 is 40.6 Å². The first-order chi connectivity index (χ1) is 17.3. The third kappa shape index (κ3) is 3.14. The Labute approximate surface area is 209 Å². The summed E-state index contributed by atoms with van der Waals surface area (Å²) in [5, 5.41) is 0. The van der Waals surface area contributed by atoms with Gasteiger partial charge in [0.25, 0.3) is 0 Å². The molecule has 0 spiro atoms. The van der Waals surface area contributed by atoms with Gasteiger partial charge in [-0.3, -0.25) is 4.79 Å². The van der Waals surface area contributed by atoms with E-state index in [0.29, 0.717) is 19.3 Å². The van der Waals surface area contributed by atoms with Gasteiger partial charge < -0.3 is 18.6 Å². The second kappa shape index (κ2) is 7.95. The van der Waals surface area contributed by atoms with Crippen LogP contribution in [-0.2, 0) is 28.6 Å². The average Bonchev–Trinajstić information content (AvgIpc) is 3.39. The molecule has 1 aromatic carbocycles. The van der Waals surface area contributed by atoms with Gasteiger partial charge in [-0.2, -0.15) is 0 Å². The number of fused-ring (bicyclic) bond motifs is 2. The molecule has 3 fully saturated rings. The summed E-state index contributed by atoms with van der Waals surface area (Å²) in [7, 11) is 0. The molecule has 7 heteroatoms. The number of esters is 3. The van der Waals surface area contributed by atoms with Crippen LogP contribution in [0.15, 0.2) is 71.6 Å². The van der Waals surface area contributed by atoms with E-state index in [1.54, 1.807) is 30.7 Å². The zero-order valence-corrected chi connectivity index (χ0v) is 20.2. The van der Waals surface area contributed by atoms with Gasteiger partial charge in [0.15, 0.2) is 0 Å². The first kappa shape index (κ1) is 22.8. The van der Waals surface area contributed by atoms with E-state index in [1.807, 2.05) is 43.3 Å². The third-order valence-electron chi connectivity index (χ3n) is 8.95. The SMILES string of the molecule is C[C@@]12C[C@H](c3ccoc3)OC(=O)[C@@H]1CC[C@]1(C)[C@H]2[C@H]2C=C[C@]1(OC(=O)/C=C/c1ccccc1)C(=O)O2. The number of carbonyl (C=O) groups excluding carboxylic acids is 3. The quantitative estimate of drug-likeness (QED) is 0.264. The highest BCUT2D eigenvalue weighted by Gasteiger charge is 2.74. The van der Waals surface area contributed by atoms with Crippen molar-refractivity contribution in [3.05, 3.63) is 78.3 Å². The van der Waals surface area contributed by atoms with Crippen molar-refractivity contribution in [2.45, 2.75) is 50.9 Å². The lowest BCUT2D eigenvalue weighted by molar-refractivity contribution is -0.263. The Balaban J connectivity index is 1.35. The molecule has 0 unspecified atom stereocenters. The molecule has 2 aliphatic carbocycles. The number of cyclic esters (lactones) is 1. The normalized spacial score (nSPS) is 38.7. The standard InChI is InChI=1S/C29H28O7/c1-27-16-22(19-12-15-33-17-19)34-25(31)20(27)10-13-28(2)24(27)21-11-14-29(28,26(32)35-21)36-23(30)9-8-18-6-4-3-5-7-18/h3-9,11-12,14-15,17,20-22,24H,10,13,16H2,1-2H3/b9-8+/t20-,21+,22+,24-,27+,28+,29-/m0/s1. The first-order valence-corrected chi connectivity index (χ1v) is 12.4. The molecule has 0 N–H and O–H groups in total. The predicted molar refractivity (Wildman–Crippen MR) is 128 cm³/mol. The third-order valence-corrected chi connectivity index (χ3v) is 8.95. The number of ether oxygens (including phenoxy) is 3. The lowest BCUT2D eigenvalue weighted by atomic mass is 9.42. The highest BCUT2D eigenvalue weighted by molar-refractivity contribution is 5.94. The van der Waals surface area contributed by atoms with Crippen molar-refractivity contribution in [3.8, 4) is 0 Å². The van der Waals surface area contributed by atoms with Crippen LogP contribution in [0.25, 0.3) is 6.08 Å². The van der Waals surface area contributed by atoms with Gasteiger partial charge in [0.05, 0.1) is 18.4 Å². The molecular formula is C29H28O7. The maximum atomic E-state index is 13.3. The molecule has 3 aliphatic heterocycles. The summed E-state index contributed by atoms with van der Waals surface area (Å²) >= 11 is 0. The summed E-state index contributed by atoms with van der Waals surface area (Å²) in [5.74, 6) is -1.99. The molecule has 2 saturated heterocycles. The molecule has 7 nitrogen and oxygen atoms in total. The summed E-state index contributed by atoms with van der Waals surface area (Å²) in [4.78, 5) is 39.6. The van der Waals surface area contributed by atoms with E-state index >= 15 is 0 Å². The topological polar surface area (TPSA) is 92.0 Å². The van der Waals surface area contributed by atoms with E-state index in [4.69, 9.17) is 18.6 Å². The zero-order valence-electron chi connectivity index (χ0n) is 20.2. The Hall–Kier alpha value is -3.61. The second-order valence-corrected chi connectivity index (χ2v) is 10.8. The molecule has 5 aliphatic rings. The fraction of sp³-hybridized carbons (Fsp3) is 0.414. The number of carbonyl (C=O) groups is 3. The molecular weight excluding hydrogens is 460 g/mol. The van der Waals surface area contributed by atoms with Gasteiger partial charge in [-0.05, 0) is 54.5 Å². The lowest BCUT2D eigenvalue weighted by Crippen LogP contribution is -2.73. The van der Waals surface area contributed by atoms with E-state index in [9.17, 15) is 14.4 Å². The van der Waals surface area contributed by atoms with Crippen molar-refractivity contribution in [3.63, 3.8) is 0 Å². The van der Waals surface area contributed by atoms with Gasteiger partial charge in [-0.1, -0.05) is 44.2 Å². The molecule has 7 rings (SSSR count). The van der Waals surface area contributed by atoms with Crippen LogP contribution in [0.5, 0.6) is 0 Å². The van der Waals surface area contributed by atoms with Gasteiger partial charge in [-0.15, -0.1) is 0 Å². The van der Waals surface area contributed by atoms with Crippen LogP contribution in [0.2, 0.25) is 0 Å². The molecule has 1 aromatic heterocycles. The van der Waals surface area contributed by atoms with Crippen molar-refractivity contribution >= 4 is 24.0 Å². The highest BCUT2D eigenvalue weighted by atomic mass is 16.6. The molecule has 0 amide bonds. The Morgan fingerprint density at radius 1 is 1.11 bits per heavy atom. The van der Waals surface area contributed by atoms with Crippen molar-refractivity contribution in [1.29, 1.82) is 0 Å². The smallest absolute Gasteiger partial charge is 0.355 e. The van der Waals surface area contributed by atoms with E-state index in [1.165, 1.54) is 6.08 Å². The molecule has 36 heavy (non-hydrogen) atoms. The minimum absolute atomic E-state index is 0.236. The Morgan fingerprint density at radius 3 is 2.64 bits per heavy atom. The van der Waals surface area contributed by atoms with Gasteiger partial charge in [0.2, 0.25) is 5.60 Å².